The van der Waals surface area contributed by atoms with Crippen molar-refractivity contribution in [2.75, 3.05) is 14.2 Å². The summed E-state index contributed by atoms with van der Waals surface area (Å²) >= 11 is 0. The van der Waals surface area contributed by atoms with Crippen LogP contribution in [0, 0.1) is 0 Å². The number of carbonyl (C=O) groups excluding carboxylic acids is 2. The Morgan fingerprint density at radius 1 is 1.47 bits per heavy atom. The molecule has 0 saturated heterocycles. The van der Waals surface area contributed by atoms with Crippen LogP contribution in [0.15, 0.2) is 5.16 Å². The van der Waals surface area contributed by atoms with Gasteiger partial charge in [0.05, 0.1) is 7.11 Å². The molecule has 6 heteroatoms. The van der Waals surface area contributed by atoms with Crippen LogP contribution in [0.4, 0.5) is 0 Å². The molecule has 15 heavy (non-hydrogen) atoms. The van der Waals surface area contributed by atoms with E-state index in [2.05, 4.69) is 20.0 Å². The number of ether oxygens (including phenoxy) is 1. The van der Waals surface area contributed by atoms with Crippen molar-refractivity contribution in [3.63, 3.8) is 0 Å². The lowest BCUT2D eigenvalue weighted by atomic mass is 9.99. The molecule has 1 amide bonds. The number of nitrogens with zero attached hydrogens (tertiary/aromatic N) is 1. The lowest BCUT2D eigenvalue weighted by Gasteiger charge is -2.25. The monoisotopic (exact) mass is 216 g/mol. The average Bonchev–Trinajstić information content (AvgIpc) is 2.24. The van der Waals surface area contributed by atoms with Crippen molar-refractivity contribution in [2.45, 2.75) is 25.8 Å². The van der Waals surface area contributed by atoms with Gasteiger partial charge in [-0.3, -0.25) is 4.79 Å². The molecule has 1 unspecified atom stereocenters. The Balaban J connectivity index is 4.50. The van der Waals surface area contributed by atoms with Gasteiger partial charge >= 0.3 is 5.97 Å². The first-order valence-corrected chi connectivity index (χ1v) is 4.47. The number of esters is 1. The van der Waals surface area contributed by atoms with E-state index >= 15 is 0 Å². The SMILES string of the molecule is CCC(C)(NC(=O)/C=N/OC)C(=O)OC. The predicted molar refractivity (Wildman–Crippen MR) is 54.4 cm³/mol. The summed E-state index contributed by atoms with van der Waals surface area (Å²) in [6.45, 7) is 3.35. The molecule has 6 nitrogen and oxygen atoms in total. The number of rotatable bonds is 5. The summed E-state index contributed by atoms with van der Waals surface area (Å²) in [5, 5.41) is 5.77. The van der Waals surface area contributed by atoms with E-state index < -0.39 is 17.4 Å². The Morgan fingerprint density at radius 2 is 2.07 bits per heavy atom. The van der Waals surface area contributed by atoms with E-state index in [9.17, 15) is 9.59 Å². The Kier molecular flexibility index (Phi) is 5.36. The summed E-state index contributed by atoms with van der Waals surface area (Å²) in [6.07, 6.45) is 1.38. The lowest BCUT2D eigenvalue weighted by molar-refractivity contribution is -0.149. The maximum Gasteiger partial charge on any atom is 0.331 e. The first-order valence-electron chi connectivity index (χ1n) is 4.47. The van der Waals surface area contributed by atoms with E-state index in [-0.39, 0.29) is 0 Å². The first kappa shape index (κ1) is 13.4. The number of nitrogens with one attached hydrogen (secondary N) is 1. The summed E-state index contributed by atoms with van der Waals surface area (Å²) in [5.74, 6) is -1.00. The molecule has 0 saturated carbocycles. The lowest BCUT2D eigenvalue weighted by Crippen LogP contribution is -2.52. The highest BCUT2D eigenvalue weighted by molar-refractivity contribution is 6.26. The molecule has 86 valence electrons. The van der Waals surface area contributed by atoms with Crippen molar-refractivity contribution in [1.29, 1.82) is 0 Å². The molecule has 0 aromatic rings. The van der Waals surface area contributed by atoms with Crippen LogP contribution in [0.5, 0.6) is 0 Å². The molecule has 0 aromatic carbocycles. The standard InChI is InChI=1S/C9H16N2O4/c1-5-9(2,8(13)14-3)11-7(12)6-10-15-4/h6H,5H2,1-4H3,(H,11,12)/b10-6+. The van der Waals surface area contributed by atoms with E-state index in [1.807, 2.05) is 0 Å². The minimum Gasteiger partial charge on any atom is -0.467 e. The molecule has 1 N–H and O–H groups in total. The second kappa shape index (κ2) is 6.00. The maximum atomic E-state index is 11.4. The van der Waals surface area contributed by atoms with Gasteiger partial charge in [0.15, 0.2) is 0 Å². The Bertz CT molecular complexity index is 265. The normalized spacial score (nSPS) is 14.4. The fraction of sp³-hybridized carbons (Fsp3) is 0.667. The van der Waals surface area contributed by atoms with Crippen LogP contribution in [0.25, 0.3) is 0 Å². The third-order valence-corrected chi connectivity index (χ3v) is 2.02. The number of methoxy groups -OCH3 is 1. The summed E-state index contributed by atoms with van der Waals surface area (Å²) in [7, 11) is 2.59. The molecule has 0 aliphatic rings. The van der Waals surface area contributed by atoms with E-state index in [4.69, 9.17) is 0 Å². The second-order valence-corrected chi connectivity index (χ2v) is 3.08. The van der Waals surface area contributed by atoms with Gasteiger partial charge in [-0.25, -0.2) is 4.79 Å². The number of carbonyl (C=O) groups is 2. The van der Waals surface area contributed by atoms with Crippen molar-refractivity contribution >= 4 is 18.1 Å². The smallest absolute Gasteiger partial charge is 0.331 e. The van der Waals surface area contributed by atoms with Crippen molar-refractivity contribution in [1.82, 2.24) is 5.32 Å². The summed E-state index contributed by atoms with van der Waals surface area (Å²) in [4.78, 5) is 26.9. The molecular formula is C9H16N2O4. The van der Waals surface area contributed by atoms with E-state index in [0.29, 0.717) is 6.42 Å². The van der Waals surface area contributed by atoms with Gasteiger partial charge in [-0.15, -0.1) is 0 Å². The molecule has 0 fully saturated rings. The van der Waals surface area contributed by atoms with E-state index in [1.165, 1.54) is 14.2 Å². The molecule has 0 spiro atoms. The average molecular weight is 216 g/mol. The summed E-state index contributed by atoms with van der Waals surface area (Å²) in [6, 6.07) is 0. The molecule has 0 radical (unpaired) electrons. The predicted octanol–water partition coefficient (Wildman–Crippen LogP) is 0.0765. The first-order chi connectivity index (χ1) is 7.00. The molecule has 0 aromatic heterocycles. The quantitative estimate of drug-likeness (QED) is 0.401. The largest absolute Gasteiger partial charge is 0.467 e. The van der Waals surface area contributed by atoms with Gasteiger partial charge < -0.3 is 14.9 Å². The minimum atomic E-state index is -1.04. The third-order valence-electron chi connectivity index (χ3n) is 2.02. The van der Waals surface area contributed by atoms with Crippen molar-refractivity contribution < 1.29 is 19.2 Å². The fourth-order valence-electron chi connectivity index (χ4n) is 0.914. The van der Waals surface area contributed by atoms with Gasteiger partial charge in [0, 0.05) is 0 Å². The second-order valence-electron chi connectivity index (χ2n) is 3.08. The van der Waals surface area contributed by atoms with Crippen LogP contribution < -0.4 is 5.32 Å². The highest BCUT2D eigenvalue weighted by Crippen LogP contribution is 2.10. The molecule has 0 aliphatic carbocycles. The molecule has 0 aliphatic heterocycles. The van der Waals surface area contributed by atoms with Gasteiger partial charge in [0.25, 0.3) is 5.91 Å². The van der Waals surface area contributed by atoms with Crippen LogP contribution >= 0.6 is 0 Å². The van der Waals surface area contributed by atoms with E-state index in [1.54, 1.807) is 13.8 Å². The number of hydrogen-bond acceptors (Lipinski definition) is 5. The summed E-state index contributed by atoms with van der Waals surface area (Å²) < 4.78 is 4.58. The Morgan fingerprint density at radius 3 is 2.47 bits per heavy atom. The third kappa shape index (κ3) is 3.97. The van der Waals surface area contributed by atoms with Gasteiger partial charge in [-0.2, -0.15) is 0 Å². The van der Waals surface area contributed by atoms with Crippen LogP contribution in [0.1, 0.15) is 20.3 Å². The number of amides is 1. The Labute approximate surface area is 88.6 Å². The zero-order chi connectivity index (χ0) is 11.9. The molecular weight excluding hydrogens is 200 g/mol. The van der Waals surface area contributed by atoms with Crippen molar-refractivity contribution in [2.24, 2.45) is 5.16 Å². The highest BCUT2D eigenvalue weighted by Gasteiger charge is 2.33. The molecule has 0 bridgehead atoms. The van der Waals surface area contributed by atoms with E-state index in [0.717, 1.165) is 6.21 Å². The molecule has 0 heterocycles. The van der Waals surface area contributed by atoms with Crippen LogP contribution in [0.2, 0.25) is 0 Å². The van der Waals surface area contributed by atoms with Gasteiger partial charge in [-0.1, -0.05) is 12.1 Å². The maximum absolute atomic E-state index is 11.4. The molecule has 0 rings (SSSR count). The fourth-order valence-corrected chi connectivity index (χ4v) is 0.914. The minimum absolute atomic E-state index is 0.423. The number of hydrogen-bond donors (Lipinski definition) is 1. The zero-order valence-corrected chi connectivity index (χ0v) is 9.36. The zero-order valence-electron chi connectivity index (χ0n) is 9.36. The van der Waals surface area contributed by atoms with Crippen molar-refractivity contribution in [3.8, 4) is 0 Å². The highest BCUT2D eigenvalue weighted by atomic mass is 16.6. The summed E-state index contributed by atoms with van der Waals surface area (Å²) in [5.41, 5.74) is -1.04. The van der Waals surface area contributed by atoms with Gasteiger partial charge in [-0.05, 0) is 13.3 Å². The van der Waals surface area contributed by atoms with Gasteiger partial charge in [0.2, 0.25) is 0 Å². The van der Waals surface area contributed by atoms with Gasteiger partial charge in [0.1, 0.15) is 18.9 Å². The molecule has 1 atom stereocenters. The van der Waals surface area contributed by atoms with Crippen LogP contribution in [-0.4, -0.2) is 37.8 Å². The Hall–Kier alpha value is -1.59. The van der Waals surface area contributed by atoms with Crippen LogP contribution in [-0.2, 0) is 19.2 Å². The topological polar surface area (TPSA) is 77.0 Å². The van der Waals surface area contributed by atoms with Crippen LogP contribution in [0.3, 0.4) is 0 Å². The van der Waals surface area contributed by atoms with Crippen molar-refractivity contribution in [3.05, 3.63) is 0 Å². The number of oxime groups is 1.